The Bertz CT molecular complexity index is 602. The lowest BCUT2D eigenvalue weighted by Gasteiger charge is -2.10. The zero-order valence-corrected chi connectivity index (χ0v) is 12.6. The molecule has 0 aliphatic rings. The Balaban J connectivity index is 2.34. The molecule has 3 nitrogen and oxygen atoms in total. The second-order valence-corrected chi connectivity index (χ2v) is 5.27. The molecule has 0 bridgehead atoms. The smallest absolute Gasteiger partial charge is 0.242 e. The molecule has 5 heteroatoms. The van der Waals surface area contributed by atoms with Gasteiger partial charge in [0, 0.05) is 10.0 Å². The van der Waals surface area contributed by atoms with Crippen LogP contribution in [0.2, 0.25) is 5.15 Å². The number of halogens is 2. The Kier molecular flexibility index (Phi) is 3.88. The summed E-state index contributed by atoms with van der Waals surface area (Å²) in [5.74, 6) is 1.22. The predicted molar refractivity (Wildman–Crippen MR) is 75.5 cm³/mol. The summed E-state index contributed by atoms with van der Waals surface area (Å²) in [5.41, 5.74) is 2.88. The minimum Gasteiger partial charge on any atom is -0.437 e. The fourth-order valence-corrected chi connectivity index (χ4v) is 1.87. The molecule has 0 amide bonds. The average molecular weight is 328 g/mol. The van der Waals surface area contributed by atoms with E-state index in [1.807, 2.05) is 39.0 Å². The highest BCUT2D eigenvalue weighted by atomic mass is 79.9. The number of hydrogen-bond donors (Lipinski definition) is 0. The van der Waals surface area contributed by atoms with Crippen molar-refractivity contribution in [1.29, 1.82) is 0 Å². The summed E-state index contributed by atoms with van der Waals surface area (Å²) in [5, 5.41) is 8.24. The molecule has 94 valence electrons. The lowest BCUT2D eigenvalue weighted by atomic mass is 10.2. The number of aromatic nitrogens is 2. The second kappa shape index (κ2) is 5.24. The van der Waals surface area contributed by atoms with Crippen molar-refractivity contribution in [2.45, 2.75) is 20.8 Å². The molecular weight excluding hydrogens is 316 g/mol. The highest BCUT2D eigenvalue weighted by Crippen LogP contribution is 2.29. The van der Waals surface area contributed by atoms with Crippen LogP contribution in [0.15, 0.2) is 22.7 Å². The highest BCUT2D eigenvalue weighted by Gasteiger charge is 2.10. The van der Waals surface area contributed by atoms with E-state index in [0.717, 1.165) is 26.9 Å². The van der Waals surface area contributed by atoms with Gasteiger partial charge in [0.05, 0.1) is 0 Å². The Hall–Kier alpha value is -1.13. The maximum atomic E-state index is 5.90. The Labute approximate surface area is 119 Å². The third-order valence-corrected chi connectivity index (χ3v) is 4.01. The first-order valence-corrected chi connectivity index (χ1v) is 6.59. The van der Waals surface area contributed by atoms with E-state index in [1.165, 1.54) is 0 Å². The van der Waals surface area contributed by atoms with Gasteiger partial charge in [0.2, 0.25) is 5.88 Å². The molecule has 2 rings (SSSR count). The monoisotopic (exact) mass is 326 g/mol. The van der Waals surface area contributed by atoms with E-state index in [4.69, 9.17) is 16.3 Å². The van der Waals surface area contributed by atoms with Crippen molar-refractivity contribution in [3.8, 4) is 11.6 Å². The number of ether oxygens (including phenoxy) is 1. The first-order chi connectivity index (χ1) is 8.49. The molecule has 0 aliphatic heterocycles. The summed E-state index contributed by atoms with van der Waals surface area (Å²) < 4.78 is 6.77. The Morgan fingerprint density at radius 2 is 1.83 bits per heavy atom. The standard InChI is InChI=1S/C13H12BrClN2O/c1-7-6-10(4-5-11(7)14)18-13-9(3)8(2)12(15)16-17-13/h4-6H,1-3H3. The van der Waals surface area contributed by atoms with E-state index in [2.05, 4.69) is 26.1 Å². The zero-order chi connectivity index (χ0) is 13.3. The van der Waals surface area contributed by atoms with Crippen molar-refractivity contribution in [2.75, 3.05) is 0 Å². The molecule has 0 radical (unpaired) electrons. The predicted octanol–water partition coefficient (Wildman–Crippen LogP) is 4.61. The van der Waals surface area contributed by atoms with Gasteiger partial charge in [0.25, 0.3) is 0 Å². The van der Waals surface area contributed by atoms with Crippen LogP contribution in [-0.2, 0) is 0 Å². The van der Waals surface area contributed by atoms with Crippen LogP contribution in [-0.4, -0.2) is 10.2 Å². The largest absolute Gasteiger partial charge is 0.437 e. The first-order valence-electron chi connectivity index (χ1n) is 5.42. The van der Waals surface area contributed by atoms with Gasteiger partial charge in [0.15, 0.2) is 5.15 Å². The molecule has 0 unspecified atom stereocenters. The van der Waals surface area contributed by atoms with Crippen molar-refractivity contribution in [2.24, 2.45) is 0 Å². The van der Waals surface area contributed by atoms with Crippen LogP contribution in [0.3, 0.4) is 0 Å². The molecule has 0 aliphatic carbocycles. The van der Waals surface area contributed by atoms with Crippen LogP contribution in [0, 0.1) is 20.8 Å². The maximum absolute atomic E-state index is 5.90. The number of nitrogens with zero attached hydrogens (tertiary/aromatic N) is 2. The second-order valence-electron chi connectivity index (χ2n) is 4.06. The van der Waals surface area contributed by atoms with Crippen molar-refractivity contribution in [3.05, 3.63) is 44.5 Å². The SMILES string of the molecule is Cc1cc(Oc2nnc(Cl)c(C)c2C)ccc1Br. The van der Waals surface area contributed by atoms with Crippen LogP contribution in [0.25, 0.3) is 0 Å². The van der Waals surface area contributed by atoms with E-state index in [9.17, 15) is 0 Å². The van der Waals surface area contributed by atoms with Gasteiger partial charge in [-0.15, -0.1) is 10.2 Å². The fraction of sp³-hybridized carbons (Fsp3) is 0.231. The first kappa shape index (κ1) is 13.3. The van der Waals surface area contributed by atoms with Crippen LogP contribution in [0.4, 0.5) is 0 Å². The summed E-state index contributed by atoms with van der Waals surface area (Å²) in [6.45, 7) is 5.81. The summed E-state index contributed by atoms with van der Waals surface area (Å²) in [4.78, 5) is 0. The Morgan fingerprint density at radius 3 is 2.50 bits per heavy atom. The van der Waals surface area contributed by atoms with Gasteiger partial charge in [-0.3, -0.25) is 0 Å². The van der Waals surface area contributed by atoms with Crippen molar-refractivity contribution < 1.29 is 4.74 Å². The molecule has 0 saturated carbocycles. The van der Waals surface area contributed by atoms with Crippen molar-refractivity contribution in [1.82, 2.24) is 10.2 Å². The van der Waals surface area contributed by atoms with E-state index < -0.39 is 0 Å². The lowest BCUT2D eigenvalue weighted by Crippen LogP contribution is -1.97. The summed E-state index contributed by atoms with van der Waals surface area (Å²) >= 11 is 9.35. The molecule has 2 aromatic rings. The van der Waals surface area contributed by atoms with Gasteiger partial charge >= 0.3 is 0 Å². The van der Waals surface area contributed by atoms with Gasteiger partial charge in [-0.25, -0.2) is 0 Å². The zero-order valence-electron chi connectivity index (χ0n) is 10.3. The summed E-state index contributed by atoms with van der Waals surface area (Å²) in [6.07, 6.45) is 0. The van der Waals surface area contributed by atoms with E-state index >= 15 is 0 Å². The third-order valence-electron chi connectivity index (χ3n) is 2.77. The van der Waals surface area contributed by atoms with Gasteiger partial charge in [-0.05, 0) is 50.1 Å². The number of rotatable bonds is 2. The molecule has 0 N–H and O–H groups in total. The van der Waals surface area contributed by atoms with Gasteiger partial charge in [-0.1, -0.05) is 27.5 Å². The summed E-state index contributed by atoms with van der Waals surface area (Å²) in [7, 11) is 0. The summed E-state index contributed by atoms with van der Waals surface area (Å²) in [6, 6.07) is 5.76. The number of aryl methyl sites for hydroxylation is 1. The van der Waals surface area contributed by atoms with Crippen molar-refractivity contribution in [3.63, 3.8) is 0 Å². The molecule has 0 atom stereocenters. The van der Waals surface area contributed by atoms with Gasteiger partial charge in [0.1, 0.15) is 5.75 Å². The molecular formula is C13H12BrClN2O. The highest BCUT2D eigenvalue weighted by molar-refractivity contribution is 9.10. The average Bonchev–Trinajstić information content (AvgIpc) is 2.34. The normalized spacial score (nSPS) is 10.5. The lowest BCUT2D eigenvalue weighted by molar-refractivity contribution is 0.450. The van der Waals surface area contributed by atoms with Gasteiger partial charge < -0.3 is 4.74 Å². The van der Waals surface area contributed by atoms with Crippen LogP contribution < -0.4 is 4.74 Å². The number of benzene rings is 1. The van der Waals surface area contributed by atoms with Crippen LogP contribution in [0.1, 0.15) is 16.7 Å². The molecule has 1 heterocycles. The molecule has 1 aromatic heterocycles. The maximum Gasteiger partial charge on any atom is 0.242 e. The minimum absolute atomic E-state index is 0.409. The third kappa shape index (κ3) is 2.65. The van der Waals surface area contributed by atoms with Crippen molar-refractivity contribution >= 4 is 27.5 Å². The van der Waals surface area contributed by atoms with E-state index in [-0.39, 0.29) is 0 Å². The quantitative estimate of drug-likeness (QED) is 0.808. The molecule has 0 saturated heterocycles. The van der Waals surface area contributed by atoms with E-state index in [1.54, 1.807) is 0 Å². The minimum atomic E-state index is 0.409. The molecule has 18 heavy (non-hydrogen) atoms. The fourth-order valence-electron chi connectivity index (χ4n) is 1.44. The van der Waals surface area contributed by atoms with E-state index in [0.29, 0.717) is 11.0 Å². The molecule has 0 fully saturated rings. The number of hydrogen-bond acceptors (Lipinski definition) is 3. The topological polar surface area (TPSA) is 35.0 Å². The van der Waals surface area contributed by atoms with Crippen LogP contribution in [0.5, 0.6) is 11.6 Å². The molecule has 0 spiro atoms. The van der Waals surface area contributed by atoms with Gasteiger partial charge in [-0.2, -0.15) is 0 Å². The Morgan fingerprint density at radius 1 is 1.11 bits per heavy atom. The van der Waals surface area contributed by atoms with Crippen LogP contribution >= 0.6 is 27.5 Å². The molecule has 1 aromatic carbocycles.